The molecule has 2 rings (SSSR count). The maximum Gasteiger partial charge on any atom is 0.159 e. The summed E-state index contributed by atoms with van der Waals surface area (Å²) in [6, 6.07) is 11.3. The summed E-state index contributed by atoms with van der Waals surface area (Å²) in [5, 5.41) is 3.18. The smallest absolute Gasteiger partial charge is 0.159 e. The molecule has 3 heteroatoms. The minimum atomic E-state index is 0.0610. The van der Waals surface area contributed by atoms with Crippen molar-refractivity contribution >= 4 is 17.3 Å². The molecule has 1 aromatic carbocycles. The number of hydrogen-bond donors (Lipinski definition) is 1. The molecule has 0 aliphatic carbocycles. The molecule has 0 bridgehead atoms. The van der Waals surface area contributed by atoms with Gasteiger partial charge >= 0.3 is 0 Å². The van der Waals surface area contributed by atoms with Gasteiger partial charge in [-0.15, -0.1) is 0 Å². The molecule has 2 aromatic rings. The van der Waals surface area contributed by atoms with Crippen molar-refractivity contribution in [3.8, 4) is 0 Å². The zero-order valence-electron chi connectivity index (χ0n) is 9.90. The third kappa shape index (κ3) is 2.91. The van der Waals surface area contributed by atoms with Gasteiger partial charge in [-0.2, -0.15) is 0 Å². The largest absolute Gasteiger partial charge is 0.340 e. The fourth-order valence-corrected chi connectivity index (χ4v) is 1.57. The monoisotopic (exact) mass is 226 g/mol. The maximum atomic E-state index is 11.3. The van der Waals surface area contributed by atoms with Gasteiger partial charge in [0.15, 0.2) is 5.78 Å². The van der Waals surface area contributed by atoms with Crippen molar-refractivity contribution in [2.24, 2.45) is 0 Å². The van der Waals surface area contributed by atoms with E-state index in [0.29, 0.717) is 5.56 Å². The van der Waals surface area contributed by atoms with E-state index in [4.69, 9.17) is 0 Å². The predicted octanol–water partition coefficient (Wildman–Crippen LogP) is 3.34. The highest BCUT2D eigenvalue weighted by Crippen LogP contribution is 2.16. The molecule has 3 nitrogen and oxygen atoms in total. The quantitative estimate of drug-likeness (QED) is 0.816. The van der Waals surface area contributed by atoms with Gasteiger partial charge in [0, 0.05) is 17.4 Å². The van der Waals surface area contributed by atoms with Crippen LogP contribution in [0.3, 0.4) is 0 Å². The Hall–Kier alpha value is -2.16. The normalized spacial score (nSPS) is 10.0. The molecule has 0 spiro atoms. The number of benzene rings is 1. The van der Waals surface area contributed by atoms with Crippen LogP contribution in [-0.4, -0.2) is 10.8 Å². The molecule has 1 N–H and O–H groups in total. The van der Waals surface area contributed by atoms with Crippen LogP contribution in [0.5, 0.6) is 0 Å². The summed E-state index contributed by atoms with van der Waals surface area (Å²) >= 11 is 0. The molecule has 0 fully saturated rings. The minimum absolute atomic E-state index is 0.0610. The van der Waals surface area contributed by atoms with E-state index in [1.165, 1.54) is 0 Å². The molecule has 17 heavy (non-hydrogen) atoms. The van der Waals surface area contributed by atoms with Crippen LogP contribution in [0.2, 0.25) is 0 Å². The third-order valence-corrected chi connectivity index (χ3v) is 2.46. The number of ketones is 1. The molecule has 0 amide bonds. The van der Waals surface area contributed by atoms with Gasteiger partial charge in [-0.1, -0.05) is 12.1 Å². The number of anilines is 2. The highest BCUT2D eigenvalue weighted by molar-refractivity contribution is 5.95. The molecular weight excluding hydrogens is 212 g/mol. The summed E-state index contributed by atoms with van der Waals surface area (Å²) in [7, 11) is 0. The number of nitrogens with zero attached hydrogens (tertiary/aromatic N) is 1. The van der Waals surface area contributed by atoms with Crippen LogP contribution in [0, 0.1) is 6.92 Å². The van der Waals surface area contributed by atoms with Crippen LogP contribution in [0.15, 0.2) is 42.6 Å². The number of nitrogens with one attached hydrogen (secondary N) is 1. The number of carbonyl (C=O) groups excluding carboxylic acids is 1. The summed E-state index contributed by atoms with van der Waals surface area (Å²) < 4.78 is 0. The van der Waals surface area contributed by atoms with E-state index in [0.717, 1.165) is 17.1 Å². The van der Waals surface area contributed by atoms with Gasteiger partial charge in [0.2, 0.25) is 0 Å². The van der Waals surface area contributed by atoms with Crippen molar-refractivity contribution in [2.75, 3.05) is 5.32 Å². The average Bonchev–Trinajstić information content (AvgIpc) is 2.29. The molecule has 1 aromatic heterocycles. The Kier molecular flexibility index (Phi) is 3.19. The fourth-order valence-electron chi connectivity index (χ4n) is 1.57. The van der Waals surface area contributed by atoms with E-state index in [2.05, 4.69) is 10.3 Å². The molecule has 0 radical (unpaired) electrons. The predicted molar refractivity (Wildman–Crippen MR) is 68.7 cm³/mol. The Morgan fingerprint density at radius 2 is 2.06 bits per heavy atom. The average molecular weight is 226 g/mol. The zero-order valence-corrected chi connectivity index (χ0v) is 9.90. The van der Waals surface area contributed by atoms with Gasteiger partial charge in [0.05, 0.1) is 0 Å². The van der Waals surface area contributed by atoms with Crippen molar-refractivity contribution in [3.05, 3.63) is 53.7 Å². The van der Waals surface area contributed by atoms with E-state index in [-0.39, 0.29) is 5.78 Å². The highest BCUT2D eigenvalue weighted by atomic mass is 16.1. The molecule has 0 aliphatic rings. The molecule has 1 heterocycles. The summed E-state index contributed by atoms with van der Waals surface area (Å²) in [5.41, 5.74) is 2.71. The number of aromatic nitrogens is 1. The molecule has 0 unspecified atom stereocenters. The minimum Gasteiger partial charge on any atom is -0.340 e. The summed E-state index contributed by atoms with van der Waals surface area (Å²) in [4.78, 5) is 15.5. The molecule has 0 aliphatic heterocycles. The molecule has 0 saturated carbocycles. The first-order valence-corrected chi connectivity index (χ1v) is 5.46. The Morgan fingerprint density at radius 3 is 2.76 bits per heavy atom. The number of aryl methyl sites for hydroxylation is 1. The number of carbonyl (C=O) groups is 1. The first-order valence-electron chi connectivity index (χ1n) is 5.46. The van der Waals surface area contributed by atoms with Crippen LogP contribution in [0.25, 0.3) is 0 Å². The molecule has 0 saturated heterocycles. The van der Waals surface area contributed by atoms with Crippen LogP contribution in [-0.2, 0) is 0 Å². The van der Waals surface area contributed by atoms with Gasteiger partial charge < -0.3 is 5.32 Å². The Labute approximate surface area is 101 Å². The van der Waals surface area contributed by atoms with Crippen molar-refractivity contribution < 1.29 is 4.79 Å². The second-order valence-electron chi connectivity index (χ2n) is 3.98. The van der Waals surface area contributed by atoms with Crippen LogP contribution < -0.4 is 5.32 Å². The Balaban J connectivity index is 2.24. The van der Waals surface area contributed by atoms with Crippen LogP contribution >= 0.6 is 0 Å². The zero-order chi connectivity index (χ0) is 12.3. The van der Waals surface area contributed by atoms with Gasteiger partial charge in [-0.05, 0) is 43.7 Å². The van der Waals surface area contributed by atoms with Crippen LogP contribution in [0.1, 0.15) is 22.8 Å². The molecule has 0 atom stereocenters. The lowest BCUT2D eigenvalue weighted by atomic mass is 10.1. The Morgan fingerprint density at radius 1 is 1.24 bits per heavy atom. The lowest BCUT2D eigenvalue weighted by Gasteiger charge is -2.07. The lowest BCUT2D eigenvalue weighted by Crippen LogP contribution is -1.96. The first-order chi connectivity index (χ1) is 8.15. The second kappa shape index (κ2) is 4.78. The van der Waals surface area contributed by atoms with Crippen molar-refractivity contribution in [1.29, 1.82) is 0 Å². The fraction of sp³-hybridized carbons (Fsp3) is 0.143. The molecular formula is C14H14N2O. The van der Waals surface area contributed by atoms with Crippen molar-refractivity contribution in [2.45, 2.75) is 13.8 Å². The lowest BCUT2D eigenvalue weighted by molar-refractivity contribution is 0.101. The van der Waals surface area contributed by atoms with Gasteiger partial charge in [-0.3, -0.25) is 4.79 Å². The maximum absolute atomic E-state index is 11.3. The van der Waals surface area contributed by atoms with Gasteiger partial charge in [0.1, 0.15) is 5.82 Å². The SMILES string of the molecule is CC(=O)c1cccc(Nc2cc(C)ccn2)c1. The summed E-state index contributed by atoms with van der Waals surface area (Å²) in [6.45, 7) is 3.57. The van der Waals surface area contributed by atoms with E-state index in [1.807, 2.05) is 37.3 Å². The topological polar surface area (TPSA) is 42.0 Å². The summed E-state index contributed by atoms with van der Waals surface area (Å²) in [6.07, 6.45) is 1.76. The number of Topliss-reactive ketones (excluding diaryl/α,β-unsaturated/α-hetero) is 1. The van der Waals surface area contributed by atoms with Crippen molar-refractivity contribution in [1.82, 2.24) is 4.98 Å². The highest BCUT2D eigenvalue weighted by Gasteiger charge is 2.01. The van der Waals surface area contributed by atoms with Crippen LogP contribution in [0.4, 0.5) is 11.5 Å². The molecule has 86 valence electrons. The van der Waals surface area contributed by atoms with E-state index in [9.17, 15) is 4.79 Å². The van der Waals surface area contributed by atoms with Gasteiger partial charge in [-0.25, -0.2) is 4.98 Å². The third-order valence-electron chi connectivity index (χ3n) is 2.46. The Bertz CT molecular complexity index is 549. The number of rotatable bonds is 3. The van der Waals surface area contributed by atoms with Gasteiger partial charge in [0.25, 0.3) is 0 Å². The first kappa shape index (κ1) is 11.3. The number of hydrogen-bond acceptors (Lipinski definition) is 3. The standard InChI is InChI=1S/C14H14N2O/c1-10-6-7-15-14(8-10)16-13-5-3-4-12(9-13)11(2)17/h3-9H,1-2H3,(H,15,16). The summed E-state index contributed by atoms with van der Waals surface area (Å²) in [5.74, 6) is 0.844. The van der Waals surface area contributed by atoms with Crippen molar-refractivity contribution in [3.63, 3.8) is 0 Å². The number of pyridine rings is 1. The second-order valence-corrected chi connectivity index (χ2v) is 3.98. The van der Waals surface area contributed by atoms with E-state index < -0.39 is 0 Å². The van der Waals surface area contributed by atoms with E-state index in [1.54, 1.807) is 19.2 Å². The van der Waals surface area contributed by atoms with E-state index >= 15 is 0 Å².